The molecule has 1 atom stereocenters. The quantitative estimate of drug-likeness (QED) is 0.771. The molecular weight excluding hydrogens is 210 g/mol. The molecule has 2 aromatic rings. The van der Waals surface area contributed by atoms with Gasteiger partial charge in [0, 0.05) is 13.2 Å². The highest BCUT2D eigenvalue weighted by Crippen LogP contribution is 2.11. The van der Waals surface area contributed by atoms with Crippen LogP contribution in [0.4, 0.5) is 5.95 Å². The number of hydrogen-bond acceptors (Lipinski definition) is 5. The summed E-state index contributed by atoms with van der Waals surface area (Å²) in [6.45, 7) is 1.53. The van der Waals surface area contributed by atoms with Gasteiger partial charge in [0.2, 0.25) is 5.95 Å². The van der Waals surface area contributed by atoms with Gasteiger partial charge in [0.25, 0.3) is 0 Å². The van der Waals surface area contributed by atoms with E-state index < -0.39 is 12.0 Å². The number of nitrogens with one attached hydrogen (secondary N) is 1. The van der Waals surface area contributed by atoms with Crippen molar-refractivity contribution in [2.24, 2.45) is 7.05 Å². The molecule has 0 aromatic carbocycles. The molecule has 2 rings (SSSR count). The van der Waals surface area contributed by atoms with E-state index in [1.165, 1.54) is 6.92 Å². The number of carbonyl (C=O) groups is 1. The third-order valence-corrected chi connectivity index (χ3v) is 2.19. The molecule has 2 aromatic heterocycles. The van der Waals surface area contributed by atoms with Crippen molar-refractivity contribution < 1.29 is 9.90 Å². The molecule has 16 heavy (non-hydrogen) atoms. The third-order valence-electron chi connectivity index (χ3n) is 2.19. The molecule has 0 bridgehead atoms. The zero-order valence-corrected chi connectivity index (χ0v) is 8.88. The zero-order chi connectivity index (χ0) is 11.7. The Morgan fingerprint density at radius 3 is 3.00 bits per heavy atom. The van der Waals surface area contributed by atoms with E-state index in [1.54, 1.807) is 24.1 Å². The number of aromatic nitrogens is 4. The van der Waals surface area contributed by atoms with Gasteiger partial charge in [0.05, 0.1) is 11.6 Å². The highest BCUT2D eigenvalue weighted by atomic mass is 16.4. The van der Waals surface area contributed by atoms with Crippen LogP contribution in [0.1, 0.15) is 6.92 Å². The van der Waals surface area contributed by atoms with E-state index >= 15 is 0 Å². The number of nitrogens with zero attached hydrogens (tertiary/aromatic N) is 4. The van der Waals surface area contributed by atoms with Gasteiger partial charge < -0.3 is 10.4 Å². The van der Waals surface area contributed by atoms with Gasteiger partial charge in [0.15, 0.2) is 5.65 Å². The van der Waals surface area contributed by atoms with Crippen LogP contribution in [0.25, 0.3) is 11.0 Å². The first-order valence-corrected chi connectivity index (χ1v) is 4.72. The number of fused-ring (bicyclic) bond motifs is 1. The second-order valence-corrected chi connectivity index (χ2v) is 3.44. The zero-order valence-electron chi connectivity index (χ0n) is 8.88. The van der Waals surface area contributed by atoms with Crippen molar-refractivity contribution >= 4 is 23.0 Å². The summed E-state index contributed by atoms with van der Waals surface area (Å²) in [6, 6.07) is -0.731. The molecule has 0 fully saturated rings. The van der Waals surface area contributed by atoms with Gasteiger partial charge in [-0.15, -0.1) is 0 Å². The van der Waals surface area contributed by atoms with Crippen molar-refractivity contribution in [2.75, 3.05) is 5.32 Å². The maximum atomic E-state index is 10.6. The number of aliphatic carboxylic acids is 1. The van der Waals surface area contributed by atoms with E-state index in [1.807, 2.05) is 0 Å². The molecule has 0 amide bonds. The monoisotopic (exact) mass is 221 g/mol. The van der Waals surface area contributed by atoms with Gasteiger partial charge in [-0.3, -0.25) is 9.48 Å². The lowest BCUT2D eigenvalue weighted by atomic mass is 10.3. The summed E-state index contributed by atoms with van der Waals surface area (Å²) in [5, 5.41) is 16.3. The predicted molar refractivity (Wildman–Crippen MR) is 57.0 cm³/mol. The highest BCUT2D eigenvalue weighted by Gasteiger charge is 2.12. The molecular formula is C9H11N5O2. The van der Waals surface area contributed by atoms with Crippen molar-refractivity contribution in [3.63, 3.8) is 0 Å². The van der Waals surface area contributed by atoms with Crippen molar-refractivity contribution in [2.45, 2.75) is 13.0 Å². The first kappa shape index (κ1) is 10.3. The van der Waals surface area contributed by atoms with Crippen molar-refractivity contribution in [3.8, 4) is 0 Å². The van der Waals surface area contributed by atoms with Crippen LogP contribution in [0, 0.1) is 0 Å². The second kappa shape index (κ2) is 3.76. The molecule has 2 heterocycles. The van der Waals surface area contributed by atoms with E-state index in [0.29, 0.717) is 5.65 Å². The normalized spacial score (nSPS) is 12.6. The first-order valence-electron chi connectivity index (χ1n) is 4.72. The average Bonchev–Trinajstić information content (AvgIpc) is 2.60. The average molecular weight is 221 g/mol. The topological polar surface area (TPSA) is 92.9 Å². The van der Waals surface area contributed by atoms with Crippen LogP contribution in [0.3, 0.4) is 0 Å². The van der Waals surface area contributed by atoms with Gasteiger partial charge in [-0.25, -0.2) is 4.98 Å². The van der Waals surface area contributed by atoms with Crippen molar-refractivity contribution in [1.82, 2.24) is 19.7 Å². The Balaban J connectivity index is 2.32. The predicted octanol–water partition coefficient (Wildman–Crippen LogP) is 0.248. The van der Waals surface area contributed by atoms with E-state index in [9.17, 15) is 4.79 Å². The lowest BCUT2D eigenvalue weighted by molar-refractivity contribution is -0.137. The summed E-state index contributed by atoms with van der Waals surface area (Å²) in [4.78, 5) is 18.8. The Labute approximate surface area is 91.1 Å². The second-order valence-electron chi connectivity index (χ2n) is 3.44. The number of carboxylic acids is 1. The van der Waals surface area contributed by atoms with Gasteiger partial charge in [-0.2, -0.15) is 10.1 Å². The molecule has 0 saturated carbocycles. The molecule has 7 heteroatoms. The van der Waals surface area contributed by atoms with Crippen LogP contribution in [0.2, 0.25) is 0 Å². The smallest absolute Gasteiger partial charge is 0.325 e. The molecule has 0 radical (unpaired) electrons. The van der Waals surface area contributed by atoms with Crippen molar-refractivity contribution in [3.05, 3.63) is 12.4 Å². The lowest BCUT2D eigenvalue weighted by Crippen LogP contribution is -2.26. The molecule has 0 aliphatic heterocycles. The van der Waals surface area contributed by atoms with E-state index in [-0.39, 0.29) is 5.95 Å². The van der Waals surface area contributed by atoms with Crippen LogP contribution < -0.4 is 5.32 Å². The lowest BCUT2D eigenvalue weighted by Gasteiger charge is -2.08. The van der Waals surface area contributed by atoms with Crippen LogP contribution >= 0.6 is 0 Å². The van der Waals surface area contributed by atoms with Crippen molar-refractivity contribution in [1.29, 1.82) is 0 Å². The Morgan fingerprint density at radius 2 is 2.31 bits per heavy atom. The van der Waals surface area contributed by atoms with E-state index in [4.69, 9.17) is 5.11 Å². The van der Waals surface area contributed by atoms with Crippen LogP contribution in [-0.4, -0.2) is 36.9 Å². The number of carboxylic acid groups (broad SMARTS) is 1. The van der Waals surface area contributed by atoms with Gasteiger partial charge in [-0.1, -0.05) is 0 Å². The van der Waals surface area contributed by atoms with Gasteiger partial charge in [-0.05, 0) is 6.92 Å². The third kappa shape index (κ3) is 1.79. The van der Waals surface area contributed by atoms with Gasteiger partial charge in [0.1, 0.15) is 6.04 Å². The first-order chi connectivity index (χ1) is 7.58. The number of aryl methyl sites for hydroxylation is 1. The molecule has 0 saturated heterocycles. The summed E-state index contributed by atoms with van der Waals surface area (Å²) in [5.74, 6) is -0.667. The summed E-state index contributed by atoms with van der Waals surface area (Å²) >= 11 is 0. The van der Waals surface area contributed by atoms with E-state index in [0.717, 1.165) is 5.39 Å². The minimum Gasteiger partial charge on any atom is -0.480 e. The molecule has 1 unspecified atom stereocenters. The van der Waals surface area contributed by atoms with Crippen LogP contribution in [-0.2, 0) is 11.8 Å². The molecule has 7 nitrogen and oxygen atoms in total. The minimum atomic E-state index is -0.950. The fourth-order valence-electron chi connectivity index (χ4n) is 1.26. The summed E-state index contributed by atoms with van der Waals surface area (Å²) < 4.78 is 1.60. The Bertz CT molecular complexity index is 536. The van der Waals surface area contributed by atoms with Crippen LogP contribution in [0.15, 0.2) is 12.4 Å². The maximum Gasteiger partial charge on any atom is 0.325 e. The number of rotatable bonds is 3. The van der Waals surface area contributed by atoms with Crippen LogP contribution in [0.5, 0.6) is 0 Å². The largest absolute Gasteiger partial charge is 0.480 e. The Kier molecular flexibility index (Phi) is 2.43. The molecule has 0 spiro atoms. The van der Waals surface area contributed by atoms with E-state index in [2.05, 4.69) is 20.4 Å². The number of anilines is 1. The summed E-state index contributed by atoms with van der Waals surface area (Å²) in [6.07, 6.45) is 3.26. The molecule has 0 aliphatic rings. The van der Waals surface area contributed by atoms with Gasteiger partial charge >= 0.3 is 5.97 Å². The molecule has 0 aliphatic carbocycles. The SMILES string of the molecule is CC(Nc1ncc2cnn(C)c2n1)C(=O)O. The summed E-state index contributed by atoms with van der Waals surface area (Å²) in [5.41, 5.74) is 0.662. The fourth-order valence-corrected chi connectivity index (χ4v) is 1.26. The minimum absolute atomic E-state index is 0.283. The molecule has 84 valence electrons. The fraction of sp³-hybridized carbons (Fsp3) is 0.333. The Morgan fingerprint density at radius 1 is 1.56 bits per heavy atom. The summed E-state index contributed by atoms with van der Waals surface area (Å²) in [7, 11) is 1.76. The Hall–Kier alpha value is -2.18. The molecule has 2 N–H and O–H groups in total. The maximum absolute atomic E-state index is 10.6. The number of hydrogen-bond donors (Lipinski definition) is 2. The standard InChI is InChI=1S/C9H11N5O2/c1-5(8(15)16)12-9-10-3-6-4-11-14(2)7(6)13-9/h3-5H,1-2H3,(H,15,16)(H,10,12,13). The highest BCUT2D eigenvalue weighted by molar-refractivity contribution is 5.77.